The van der Waals surface area contributed by atoms with Gasteiger partial charge in [0.1, 0.15) is 0 Å². The largest absolute Gasteiger partial charge is 0.252 e. The predicted molar refractivity (Wildman–Crippen MR) is 37.5 cm³/mol. The van der Waals surface area contributed by atoms with Gasteiger partial charge in [0.05, 0.1) is 5.69 Å². The van der Waals surface area contributed by atoms with Crippen molar-refractivity contribution < 1.29 is 0 Å². The maximum absolute atomic E-state index is 3.96. The lowest BCUT2D eigenvalue weighted by molar-refractivity contribution is 0.544. The molecule has 1 aliphatic carbocycles. The smallest absolute Gasteiger partial charge is 0.0796 e. The van der Waals surface area contributed by atoms with Gasteiger partial charge in [-0.05, 0) is 25.7 Å². The van der Waals surface area contributed by atoms with Crippen molar-refractivity contribution in [2.24, 2.45) is 5.92 Å². The van der Waals surface area contributed by atoms with Gasteiger partial charge >= 0.3 is 0 Å². The molecule has 3 nitrogen and oxygen atoms in total. The fourth-order valence-corrected chi connectivity index (χ4v) is 1.05. The third-order valence-electron chi connectivity index (χ3n) is 1.80. The normalized spacial score (nSPS) is 17.7. The van der Waals surface area contributed by atoms with Crippen LogP contribution in [0.5, 0.6) is 0 Å². The zero-order valence-electron chi connectivity index (χ0n) is 6.12. The van der Waals surface area contributed by atoms with Crippen LogP contribution in [0.3, 0.4) is 0 Å². The molecule has 0 unspecified atom stereocenters. The minimum absolute atomic E-state index is 0.890. The molecule has 0 amide bonds. The highest BCUT2D eigenvalue weighted by atomic mass is 15.4. The maximum Gasteiger partial charge on any atom is 0.0796 e. The number of nitrogens with zero attached hydrogens (tertiary/aromatic N) is 3. The molecule has 0 N–H and O–H groups in total. The zero-order valence-corrected chi connectivity index (χ0v) is 6.12. The van der Waals surface area contributed by atoms with Gasteiger partial charge in [0.25, 0.3) is 0 Å². The molecule has 1 heterocycles. The van der Waals surface area contributed by atoms with Crippen LogP contribution in [0.2, 0.25) is 0 Å². The van der Waals surface area contributed by atoms with Crippen LogP contribution in [-0.4, -0.2) is 15.0 Å². The van der Waals surface area contributed by atoms with Gasteiger partial charge in [-0.1, -0.05) is 5.21 Å². The summed E-state index contributed by atoms with van der Waals surface area (Å²) in [7, 11) is 0. The monoisotopic (exact) mass is 137 g/mol. The molecular formula is C7H11N3. The summed E-state index contributed by atoms with van der Waals surface area (Å²) in [5.41, 5.74) is 1.01. The first-order valence-corrected chi connectivity index (χ1v) is 3.71. The molecule has 54 valence electrons. The first-order chi connectivity index (χ1) is 4.84. The highest BCUT2D eigenvalue weighted by Crippen LogP contribution is 2.30. The van der Waals surface area contributed by atoms with Crippen LogP contribution in [0.25, 0.3) is 0 Å². The van der Waals surface area contributed by atoms with E-state index in [0.29, 0.717) is 0 Å². The fraction of sp³-hybridized carbons (Fsp3) is 0.714. The molecule has 0 aliphatic heterocycles. The van der Waals surface area contributed by atoms with E-state index in [1.54, 1.807) is 0 Å². The van der Waals surface area contributed by atoms with E-state index in [4.69, 9.17) is 0 Å². The van der Waals surface area contributed by atoms with E-state index in [-0.39, 0.29) is 0 Å². The third kappa shape index (κ3) is 1.17. The first-order valence-electron chi connectivity index (χ1n) is 3.71. The molecule has 1 aromatic rings. The molecule has 0 spiro atoms. The summed E-state index contributed by atoms with van der Waals surface area (Å²) in [6, 6.07) is 0. The van der Waals surface area contributed by atoms with E-state index in [0.717, 1.165) is 18.2 Å². The molecule has 0 radical (unpaired) electrons. The number of hydrogen-bond donors (Lipinski definition) is 0. The molecule has 2 rings (SSSR count). The second-order valence-electron chi connectivity index (χ2n) is 3.03. The van der Waals surface area contributed by atoms with Gasteiger partial charge in [-0.25, -0.2) is 0 Å². The summed E-state index contributed by atoms with van der Waals surface area (Å²) in [6.07, 6.45) is 4.75. The van der Waals surface area contributed by atoms with Gasteiger partial charge < -0.3 is 0 Å². The Morgan fingerprint density at radius 1 is 1.70 bits per heavy atom. The number of aryl methyl sites for hydroxylation is 1. The van der Waals surface area contributed by atoms with Crippen LogP contribution in [0.1, 0.15) is 18.5 Å². The van der Waals surface area contributed by atoms with E-state index < -0.39 is 0 Å². The Kier molecular flexibility index (Phi) is 1.22. The van der Waals surface area contributed by atoms with Crippen LogP contribution < -0.4 is 0 Å². The number of rotatable bonds is 2. The molecular weight excluding hydrogens is 126 g/mol. The molecule has 0 atom stereocenters. The van der Waals surface area contributed by atoms with E-state index in [1.807, 2.05) is 17.8 Å². The zero-order chi connectivity index (χ0) is 6.97. The molecule has 0 aromatic carbocycles. The van der Waals surface area contributed by atoms with Crippen LogP contribution in [0, 0.1) is 12.8 Å². The first kappa shape index (κ1) is 5.89. The van der Waals surface area contributed by atoms with Crippen LogP contribution in [0.4, 0.5) is 0 Å². The summed E-state index contributed by atoms with van der Waals surface area (Å²) < 4.78 is 1.94. The lowest BCUT2D eigenvalue weighted by Gasteiger charge is -1.93. The Hall–Kier alpha value is -0.860. The maximum atomic E-state index is 3.96. The third-order valence-corrected chi connectivity index (χ3v) is 1.80. The molecule has 1 aromatic heterocycles. The van der Waals surface area contributed by atoms with Crippen molar-refractivity contribution in [3.05, 3.63) is 11.9 Å². The van der Waals surface area contributed by atoms with Gasteiger partial charge in [-0.15, -0.1) is 5.10 Å². The molecule has 0 saturated heterocycles. The Bertz CT molecular complexity index is 225. The predicted octanol–water partition coefficient (Wildman–Crippen LogP) is 0.997. The highest BCUT2D eigenvalue weighted by Gasteiger charge is 2.21. The van der Waals surface area contributed by atoms with Crippen molar-refractivity contribution in [1.82, 2.24) is 15.0 Å². The molecule has 10 heavy (non-hydrogen) atoms. The summed E-state index contributed by atoms with van der Waals surface area (Å²) in [5, 5.41) is 7.87. The second-order valence-corrected chi connectivity index (χ2v) is 3.03. The van der Waals surface area contributed by atoms with Gasteiger partial charge in [-0.3, -0.25) is 4.68 Å². The summed E-state index contributed by atoms with van der Waals surface area (Å²) in [4.78, 5) is 0. The van der Waals surface area contributed by atoms with E-state index in [2.05, 4.69) is 10.3 Å². The Morgan fingerprint density at radius 2 is 2.50 bits per heavy atom. The van der Waals surface area contributed by atoms with Gasteiger partial charge in [-0.2, -0.15) is 0 Å². The van der Waals surface area contributed by atoms with Crippen molar-refractivity contribution in [2.75, 3.05) is 0 Å². The quantitative estimate of drug-likeness (QED) is 0.608. The Balaban J connectivity index is 2.03. The molecule has 1 saturated carbocycles. The van der Waals surface area contributed by atoms with Gasteiger partial charge in [0.2, 0.25) is 0 Å². The fourth-order valence-electron chi connectivity index (χ4n) is 1.05. The topological polar surface area (TPSA) is 30.7 Å². The average Bonchev–Trinajstić information content (AvgIpc) is 2.59. The molecule has 1 fully saturated rings. The van der Waals surface area contributed by atoms with Gasteiger partial charge in [0, 0.05) is 12.7 Å². The number of aromatic nitrogens is 3. The van der Waals surface area contributed by atoms with E-state index in [1.165, 1.54) is 12.8 Å². The summed E-state index contributed by atoms with van der Waals surface area (Å²) in [6.45, 7) is 3.04. The summed E-state index contributed by atoms with van der Waals surface area (Å²) >= 11 is 0. The molecule has 3 heteroatoms. The standard InChI is InChI=1S/C7H11N3/c1-6-4-10(9-8-6)5-7-2-3-7/h4,7H,2-3,5H2,1H3. The minimum atomic E-state index is 0.890. The lowest BCUT2D eigenvalue weighted by Crippen LogP contribution is -1.99. The van der Waals surface area contributed by atoms with Gasteiger partial charge in [0.15, 0.2) is 0 Å². The number of hydrogen-bond acceptors (Lipinski definition) is 2. The van der Waals surface area contributed by atoms with Crippen molar-refractivity contribution in [2.45, 2.75) is 26.3 Å². The van der Waals surface area contributed by atoms with Crippen LogP contribution >= 0.6 is 0 Å². The lowest BCUT2D eigenvalue weighted by atomic mass is 10.4. The van der Waals surface area contributed by atoms with E-state index >= 15 is 0 Å². The SMILES string of the molecule is Cc1cn(CC2CC2)nn1. The van der Waals surface area contributed by atoms with E-state index in [9.17, 15) is 0 Å². The molecule has 1 aliphatic rings. The highest BCUT2D eigenvalue weighted by molar-refractivity contribution is 4.87. The summed E-state index contributed by atoms with van der Waals surface area (Å²) in [5.74, 6) is 0.890. The second kappa shape index (κ2) is 2.08. The van der Waals surface area contributed by atoms with Crippen molar-refractivity contribution in [1.29, 1.82) is 0 Å². The van der Waals surface area contributed by atoms with Crippen molar-refractivity contribution in [3.63, 3.8) is 0 Å². The minimum Gasteiger partial charge on any atom is -0.252 e. The average molecular weight is 137 g/mol. The Morgan fingerprint density at radius 3 is 3.00 bits per heavy atom. The Labute approximate surface area is 60.0 Å². The molecule has 0 bridgehead atoms. The van der Waals surface area contributed by atoms with Crippen LogP contribution in [0.15, 0.2) is 6.20 Å². The van der Waals surface area contributed by atoms with Crippen molar-refractivity contribution in [3.8, 4) is 0 Å². The van der Waals surface area contributed by atoms with Crippen LogP contribution in [-0.2, 0) is 6.54 Å². The van der Waals surface area contributed by atoms with Crippen molar-refractivity contribution >= 4 is 0 Å².